The number of nitrogens with zero attached hydrogens (tertiary/aromatic N) is 4. The molecule has 0 aromatic heterocycles. The largest absolute Gasteiger partial charge is 0.282 e. The molecule has 0 spiro atoms. The molecule has 0 saturated carbocycles. The minimum absolute atomic E-state index is 0.0133. The second kappa shape index (κ2) is 6.60. The molecule has 10 heteroatoms. The number of imide groups is 1. The van der Waals surface area contributed by atoms with E-state index in [1.54, 1.807) is 12.1 Å². The van der Waals surface area contributed by atoms with Crippen LogP contribution in [0.25, 0.3) is 10.8 Å². The summed E-state index contributed by atoms with van der Waals surface area (Å²) in [7, 11) is 0. The van der Waals surface area contributed by atoms with Crippen LogP contribution in [0.2, 0.25) is 0 Å². The number of carbonyl (C=O) groups is 2. The summed E-state index contributed by atoms with van der Waals surface area (Å²) in [5, 5.41) is 27.3. The van der Waals surface area contributed by atoms with Gasteiger partial charge in [0, 0.05) is 35.2 Å². The SMILES string of the molecule is O=C1c2cccc3cc([N+](=O)[O-])cc(c23)C(=O)N1/N=C\c1cccc([N+](=O)[O-])c1. The fraction of sp³-hybridized carbons (Fsp3) is 0. The first-order chi connectivity index (χ1) is 13.9. The van der Waals surface area contributed by atoms with Gasteiger partial charge in [0.05, 0.1) is 27.2 Å². The van der Waals surface area contributed by atoms with Crippen LogP contribution >= 0.6 is 0 Å². The van der Waals surface area contributed by atoms with E-state index in [1.807, 2.05) is 0 Å². The lowest BCUT2D eigenvalue weighted by atomic mass is 9.94. The summed E-state index contributed by atoms with van der Waals surface area (Å²) in [6, 6.07) is 12.5. The second-order valence-corrected chi connectivity index (χ2v) is 6.17. The van der Waals surface area contributed by atoms with Crippen molar-refractivity contribution in [1.82, 2.24) is 5.01 Å². The van der Waals surface area contributed by atoms with Crippen LogP contribution in [0.4, 0.5) is 11.4 Å². The number of hydrazone groups is 1. The molecule has 3 aromatic carbocycles. The van der Waals surface area contributed by atoms with Gasteiger partial charge in [-0.05, 0) is 11.5 Å². The number of rotatable bonds is 4. The molecule has 10 nitrogen and oxygen atoms in total. The van der Waals surface area contributed by atoms with E-state index < -0.39 is 21.7 Å². The zero-order chi connectivity index (χ0) is 20.7. The van der Waals surface area contributed by atoms with Crippen molar-refractivity contribution in [2.45, 2.75) is 0 Å². The number of hydrogen-bond acceptors (Lipinski definition) is 7. The van der Waals surface area contributed by atoms with E-state index in [0.29, 0.717) is 21.3 Å². The molecule has 1 heterocycles. The highest BCUT2D eigenvalue weighted by atomic mass is 16.6. The molecule has 3 aromatic rings. The molecule has 0 aliphatic carbocycles. The van der Waals surface area contributed by atoms with Crippen LogP contribution in [0.5, 0.6) is 0 Å². The van der Waals surface area contributed by atoms with E-state index in [4.69, 9.17) is 0 Å². The van der Waals surface area contributed by atoms with Crippen LogP contribution in [0.3, 0.4) is 0 Å². The van der Waals surface area contributed by atoms with E-state index in [1.165, 1.54) is 36.4 Å². The van der Waals surface area contributed by atoms with Gasteiger partial charge in [0.2, 0.25) is 0 Å². The molecule has 0 unspecified atom stereocenters. The van der Waals surface area contributed by atoms with Gasteiger partial charge in [0.25, 0.3) is 23.2 Å². The molecule has 0 bridgehead atoms. The number of nitro benzene ring substituents is 2. The van der Waals surface area contributed by atoms with Crippen LogP contribution in [0.15, 0.2) is 59.7 Å². The summed E-state index contributed by atoms with van der Waals surface area (Å²) in [5.74, 6) is -1.51. The Balaban J connectivity index is 1.80. The quantitative estimate of drug-likeness (QED) is 0.290. The van der Waals surface area contributed by atoms with Crippen molar-refractivity contribution < 1.29 is 19.4 Å². The topological polar surface area (TPSA) is 136 Å². The molecule has 4 rings (SSSR count). The maximum absolute atomic E-state index is 12.8. The zero-order valence-electron chi connectivity index (χ0n) is 14.5. The Kier molecular flexibility index (Phi) is 4.08. The third kappa shape index (κ3) is 2.98. The number of hydrogen-bond donors (Lipinski definition) is 0. The van der Waals surface area contributed by atoms with Gasteiger partial charge in [-0.1, -0.05) is 24.3 Å². The number of non-ortho nitro benzene ring substituents is 2. The second-order valence-electron chi connectivity index (χ2n) is 6.17. The average molecular weight is 390 g/mol. The Morgan fingerprint density at radius 1 is 0.828 bits per heavy atom. The smallest absolute Gasteiger partial charge is 0.267 e. The Labute approximate surface area is 162 Å². The first-order valence-corrected chi connectivity index (χ1v) is 8.25. The van der Waals surface area contributed by atoms with Gasteiger partial charge < -0.3 is 0 Å². The summed E-state index contributed by atoms with van der Waals surface area (Å²) in [4.78, 5) is 46.5. The van der Waals surface area contributed by atoms with Crippen LogP contribution in [0, 0.1) is 20.2 Å². The van der Waals surface area contributed by atoms with Crippen molar-refractivity contribution in [1.29, 1.82) is 0 Å². The molecule has 1 aliphatic rings. The van der Waals surface area contributed by atoms with Crippen molar-refractivity contribution in [3.05, 3.63) is 91.5 Å². The van der Waals surface area contributed by atoms with E-state index in [2.05, 4.69) is 5.10 Å². The van der Waals surface area contributed by atoms with Crippen molar-refractivity contribution >= 4 is 40.2 Å². The third-order valence-electron chi connectivity index (χ3n) is 4.42. The Morgan fingerprint density at radius 3 is 2.24 bits per heavy atom. The molecule has 0 N–H and O–H groups in total. The predicted molar refractivity (Wildman–Crippen MR) is 102 cm³/mol. The van der Waals surface area contributed by atoms with Crippen molar-refractivity contribution in [3.8, 4) is 0 Å². The van der Waals surface area contributed by atoms with Gasteiger partial charge in [-0.25, -0.2) is 0 Å². The van der Waals surface area contributed by atoms with Crippen molar-refractivity contribution in [3.63, 3.8) is 0 Å². The van der Waals surface area contributed by atoms with Gasteiger partial charge in [0.1, 0.15) is 0 Å². The molecule has 1 aliphatic heterocycles. The standard InChI is InChI=1S/C19H10N4O6/c24-18-15-6-2-4-12-8-14(23(28)29)9-16(17(12)15)19(25)21(18)20-10-11-3-1-5-13(7-11)22(26)27/h1-10H/b20-10-. The molecule has 0 radical (unpaired) electrons. The van der Waals surface area contributed by atoms with Gasteiger partial charge in [-0.2, -0.15) is 10.1 Å². The van der Waals surface area contributed by atoms with Gasteiger partial charge in [-0.3, -0.25) is 29.8 Å². The monoisotopic (exact) mass is 390 g/mol. The molecular formula is C19H10N4O6. The summed E-state index contributed by atoms with van der Waals surface area (Å²) in [6.07, 6.45) is 1.14. The first kappa shape index (κ1) is 17.9. The van der Waals surface area contributed by atoms with Gasteiger partial charge in [0.15, 0.2) is 0 Å². The predicted octanol–water partition coefficient (Wildman–Crippen LogP) is 3.29. The Bertz CT molecular complexity index is 1270. The number of carbonyl (C=O) groups excluding carboxylic acids is 2. The normalized spacial score (nSPS) is 13.3. The minimum Gasteiger partial charge on any atom is -0.267 e. The zero-order valence-corrected chi connectivity index (χ0v) is 14.5. The summed E-state index contributed by atoms with van der Waals surface area (Å²) in [6.45, 7) is 0. The van der Waals surface area contributed by atoms with Crippen LogP contribution in [-0.4, -0.2) is 32.9 Å². The number of amides is 2. The highest BCUT2D eigenvalue weighted by Crippen LogP contribution is 2.33. The molecule has 2 amide bonds. The van der Waals surface area contributed by atoms with Gasteiger partial charge >= 0.3 is 0 Å². The lowest BCUT2D eigenvalue weighted by Crippen LogP contribution is -2.36. The van der Waals surface area contributed by atoms with Crippen molar-refractivity contribution in [2.24, 2.45) is 5.10 Å². The van der Waals surface area contributed by atoms with Crippen LogP contribution in [0.1, 0.15) is 26.3 Å². The number of nitro groups is 2. The Hall–Kier alpha value is -4.47. The molecular weight excluding hydrogens is 380 g/mol. The van der Waals surface area contributed by atoms with E-state index in [9.17, 15) is 29.8 Å². The van der Waals surface area contributed by atoms with Crippen LogP contribution < -0.4 is 0 Å². The molecule has 0 saturated heterocycles. The number of benzene rings is 3. The van der Waals surface area contributed by atoms with E-state index in [0.717, 1.165) is 12.3 Å². The maximum atomic E-state index is 12.8. The Morgan fingerprint density at radius 2 is 1.52 bits per heavy atom. The first-order valence-electron chi connectivity index (χ1n) is 8.25. The fourth-order valence-electron chi connectivity index (χ4n) is 3.13. The van der Waals surface area contributed by atoms with Gasteiger partial charge in [-0.15, -0.1) is 0 Å². The molecule has 0 atom stereocenters. The average Bonchev–Trinajstić information content (AvgIpc) is 2.71. The van der Waals surface area contributed by atoms with Crippen molar-refractivity contribution in [2.75, 3.05) is 0 Å². The highest BCUT2D eigenvalue weighted by molar-refractivity contribution is 6.25. The summed E-state index contributed by atoms with van der Waals surface area (Å²) < 4.78 is 0. The highest BCUT2D eigenvalue weighted by Gasteiger charge is 2.34. The summed E-state index contributed by atoms with van der Waals surface area (Å²) >= 11 is 0. The molecule has 0 fully saturated rings. The lowest BCUT2D eigenvalue weighted by Gasteiger charge is -2.22. The molecule has 29 heavy (non-hydrogen) atoms. The van der Waals surface area contributed by atoms with Crippen LogP contribution in [-0.2, 0) is 0 Å². The summed E-state index contributed by atoms with van der Waals surface area (Å²) in [5.41, 5.74) is 0.0255. The van der Waals surface area contributed by atoms with E-state index >= 15 is 0 Å². The lowest BCUT2D eigenvalue weighted by molar-refractivity contribution is -0.385. The minimum atomic E-state index is -0.816. The third-order valence-corrected chi connectivity index (χ3v) is 4.42. The fourth-order valence-corrected chi connectivity index (χ4v) is 3.13. The maximum Gasteiger partial charge on any atom is 0.282 e. The molecule has 142 valence electrons. The van der Waals surface area contributed by atoms with E-state index in [-0.39, 0.29) is 22.5 Å².